The van der Waals surface area contributed by atoms with E-state index < -0.39 is 4.92 Å². The highest BCUT2D eigenvalue weighted by Crippen LogP contribution is 2.14. The van der Waals surface area contributed by atoms with E-state index in [0.29, 0.717) is 25.3 Å². The lowest BCUT2D eigenvalue weighted by molar-refractivity contribution is -0.384. The number of non-ortho nitro benzene ring substituents is 1. The fraction of sp³-hybridized carbons (Fsp3) is 0.533. The van der Waals surface area contributed by atoms with Gasteiger partial charge in [0.05, 0.1) is 4.92 Å². The molecule has 2 N–H and O–H groups in total. The molecule has 1 aromatic carbocycles. The summed E-state index contributed by atoms with van der Waals surface area (Å²) in [7, 11) is 0. The molecule has 1 heterocycles. The van der Waals surface area contributed by atoms with Crippen molar-refractivity contribution in [1.82, 2.24) is 10.6 Å². The molecular formula is C15H21N3O3. The third-order valence-corrected chi connectivity index (χ3v) is 3.75. The van der Waals surface area contributed by atoms with E-state index in [-0.39, 0.29) is 11.6 Å². The van der Waals surface area contributed by atoms with Crippen LogP contribution in [0.15, 0.2) is 24.3 Å². The van der Waals surface area contributed by atoms with Crippen LogP contribution in [0.3, 0.4) is 0 Å². The highest BCUT2D eigenvalue weighted by Gasteiger charge is 2.14. The molecule has 6 nitrogen and oxygen atoms in total. The quantitative estimate of drug-likeness (QED) is 0.616. The summed E-state index contributed by atoms with van der Waals surface area (Å²) in [5.41, 5.74) is 0.889. The molecule has 1 saturated heterocycles. The molecule has 1 unspecified atom stereocenters. The molecule has 1 fully saturated rings. The molecule has 1 amide bonds. The van der Waals surface area contributed by atoms with Crippen LogP contribution in [0.2, 0.25) is 0 Å². The van der Waals surface area contributed by atoms with Crippen LogP contribution in [-0.4, -0.2) is 30.5 Å². The van der Waals surface area contributed by atoms with Crippen LogP contribution in [0, 0.1) is 16.0 Å². The van der Waals surface area contributed by atoms with Crippen molar-refractivity contribution in [3.8, 4) is 0 Å². The second kappa shape index (κ2) is 7.73. The van der Waals surface area contributed by atoms with Crippen molar-refractivity contribution < 1.29 is 9.72 Å². The third kappa shape index (κ3) is 5.15. The fourth-order valence-electron chi connectivity index (χ4n) is 2.53. The van der Waals surface area contributed by atoms with E-state index in [0.717, 1.165) is 31.5 Å². The van der Waals surface area contributed by atoms with Gasteiger partial charge < -0.3 is 10.6 Å². The maximum Gasteiger partial charge on any atom is 0.269 e. The second-order valence-corrected chi connectivity index (χ2v) is 5.44. The molecule has 0 saturated carbocycles. The van der Waals surface area contributed by atoms with Crippen LogP contribution in [0.5, 0.6) is 0 Å². The summed E-state index contributed by atoms with van der Waals surface area (Å²) in [6.45, 7) is 2.74. The van der Waals surface area contributed by atoms with E-state index in [1.54, 1.807) is 6.07 Å². The SMILES string of the molecule is O=C(CCc1cccc([N+](=O)[O-])c1)NCC1CCCNC1. The molecule has 1 aromatic rings. The minimum Gasteiger partial charge on any atom is -0.356 e. The number of rotatable bonds is 6. The number of benzene rings is 1. The van der Waals surface area contributed by atoms with Crippen molar-refractivity contribution in [3.63, 3.8) is 0 Å². The molecule has 0 aliphatic carbocycles. The van der Waals surface area contributed by atoms with Gasteiger partial charge in [-0.15, -0.1) is 0 Å². The zero-order valence-electron chi connectivity index (χ0n) is 12.0. The van der Waals surface area contributed by atoms with E-state index in [1.165, 1.54) is 12.1 Å². The van der Waals surface area contributed by atoms with Crippen LogP contribution < -0.4 is 10.6 Å². The molecule has 114 valence electrons. The highest BCUT2D eigenvalue weighted by atomic mass is 16.6. The normalized spacial score (nSPS) is 18.2. The predicted molar refractivity (Wildman–Crippen MR) is 80.0 cm³/mol. The number of aryl methyl sites for hydroxylation is 1. The Bertz CT molecular complexity index is 499. The summed E-state index contributed by atoms with van der Waals surface area (Å²) in [5, 5.41) is 17.0. The molecule has 0 bridgehead atoms. The summed E-state index contributed by atoms with van der Waals surface area (Å²) in [6, 6.07) is 6.45. The second-order valence-electron chi connectivity index (χ2n) is 5.44. The Kier molecular flexibility index (Phi) is 5.68. The van der Waals surface area contributed by atoms with Gasteiger partial charge >= 0.3 is 0 Å². The highest BCUT2D eigenvalue weighted by molar-refractivity contribution is 5.76. The number of nitrogens with one attached hydrogen (secondary N) is 2. The van der Waals surface area contributed by atoms with E-state index in [9.17, 15) is 14.9 Å². The number of carbonyl (C=O) groups is 1. The number of nitro groups is 1. The maximum absolute atomic E-state index is 11.8. The van der Waals surface area contributed by atoms with Gasteiger partial charge in [0.2, 0.25) is 5.91 Å². The average molecular weight is 291 g/mol. The van der Waals surface area contributed by atoms with Gasteiger partial charge in [-0.05, 0) is 43.8 Å². The number of hydrogen-bond donors (Lipinski definition) is 2. The van der Waals surface area contributed by atoms with Crippen LogP contribution in [0.25, 0.3) is 0 Å². The number of nitrogens with zero attached hydrogens (tertiary/aromatic N) is 1. The average Bonchev–Trinajstić information content (AvgIpc) is 2.52. The van der Waals surface area contributed by atoms with Gasteiger partial charge in [0, 0.05) is 25.1 Å². The van der Waals surface area contributed by atoms with Gasteiger partial charge in [-0.2, -0.15) is 0 Å². The van der Waals surface area contributed by atoms with Gasteiger partial charge in [-0.25, -0.2) is 0 Å². The fourth-order valence-corrected chi connectivity index (χ4v) is 2.53. The summed E-state index contributed by atoms with van der Waals surface area (Å²) in [4.78, 5) is 22.1. The summed E-state index contributed by atoms with van der Waals surface area (Å²) in [6.07, 6.45) is 3.20. The molecule has 0 aromatic heterocycles. The van der Waals surface area contributed by atoms with Crippen LogP contribution in [-0.2, 0) is 11.2 Å². The van der Waals surface area contributed by atoms with Gasteiger partial charge in [-0.1, -0.05) is 12.1 Å². The van der Waals surface area contributed by atoms with Crippen molar-refractivity contribution in [2.45, 2.75) is 25.7 Å². The minimum absolute atomic E-state index is 0.00656. The maximum atomic E-state index is 11.8. The Morgan fingerprint density at radius 1 is 1.48 bits per heavy atom. The van der Waals surface area contributed by atoms with E-state index in [2.05, 4.69) is 10.6 Å². The first-order chi connectivity index (χ1) is 10.1. The Balaban J connectivity index is 1.73. The van der Waals surface area contributed by atoms with E-state index in [4.69, 9.17) is 0 Å². The lowest BCUT2D eigenvalue weighted by atomic mass is 9.99. The monoisotopic (exact) mass is 291 g/mol. The lowest BCUT2D eigenvalue weighted by Gasteiger charge is -2.22. The van der Waals surface area contributed by atoms with Gasteiger partial charge in [0.1, 0.15) is 0 Å². The molecule has 21 heavy (non-hydrogen) atoms. The molecule has 1 aliphatic heterocycles. The van der Waals surface area contributed by atoms with Crippen molar-refractivity contribution in [2.75, 3.05) is 19.6 Å². The molecule has 1 atom stereocenters. The van der Waals surface area contributed by atoms with E-state index >= 15 is 0 Å². The van der Waals surface area contributed by atoms with Crippen LogP contribution >= 0.6 is 0 Å². The summed E-state index contributed by atoms with van der Waals surface area (Å²) in [5.74, 6) is 0.521. The molecule has 0 radical (unpaired) electrons. The molecule has 1 aliphatic rings. The van der Waals surface area contributed by atoms with Gasteiger partial charge in [0.25, 0.3) is 5.69 Å². The Morgan fingerprint density at radius 2 is 2.33 bits per heavy atom. The van der Waals surface area contributed by atoms with Crippen molar-refractivity contribution >= 4 is 11.6 Å². The van der Waals surface area contributed by atoms with Gasteiger partial charge in [-0.3, -0.25) is 14.9 Å². The summed E-state index contributed by atoms with van der Waals surface area (Å²) < 4.78 is 0. The Morgan fingerprint density at radius 3 is 3.05 bits per heavy atom. The summed E-state index contributed by atoms with van der Waals surface area (Å²) >= 11 is 0. The number of carbonyl (C=O) groups excluding carboxylic acids is 1. The molecular weight excluding hydrogens is 270 g/mol. The number of piperidine rings is 1. The Hall–Kier alpha value is -1.95. The zero-order valence-corrected chi connectivity index (χ0v) is 12.0. The molecule has 0 spiro atoms. The smallest absolute Gasteiger partial charge is 0.269 e. The first kappa shape index (κ1) is 15.4. The van der Waals surface area contributed by atoms with Gasteiger partial charge in [0.15, 0.2) is 0 Å². The van der Waals surface area contributed by atoms with Crippen LogP contribution in [0.1, 0.15) is 24.8 Å². The Labute approximate surface area is 124 Å². The van der Waals surface area contributed by atoms with E-state index in [1.807, 2.05) is 6.07 Å². The predicted octanol–water partition coefficient (Wildman–Crippen LogP) is 1.64. The molecule has 6 heteroatoms. The first-order valence-corrected chi connectivity index (χ1v) is 7.36. The lowest BCUT2D eigenvalue weighted by Crippen LogP contribution is -2.38. The minimum atomic E-state index is -0.417. The zero-order chi connectivity index (χ0) is 15.1. The number of amides is 1. The third-order valence-electron chi connectivity index (χ3n) is 3.75. The van der Waals surface area contributed by atoms with Crippen molar-refractivity contribution in [2.24, 2.45) is 5.92 Å². The first-order valence-electron chi connectivity index (χ1n) is 7.36. The standard InChI is InChI=1S/C15H21N3O3/c19-15(17-11-13-4-2-8-16-10-13)7-6-12-3-1-5-14(9-12)18(20)21/h1,3,5,9,13,16H,2,4,6-8,10-11H2,(H,17,19). The number of hydrogen-bond acceptors (Lipinski definition) is 4. The van der Waals surface area contributed by atoms with Crippen molar-refractivity contribution in [1.29, 1.82) is 0 Å². The largest absolute Gasteiger partial charge is 0.356 e. The topological polar surface area (TPSA) is 84.3 Å². The van der Waals surface area contributed by atoms with Crippen LogP contribution in [0.4, 0.5) is 5.69 Å². The molecule has 2 rings (SSSR count). The number of nitro benzene ring substituents is 1. The van der Waals surface area contributed by atoms with Crippen molar-refractivity contribution in [3.05, 3.63) is 39.9 Å².